The lowest BCUT2D eigenvalue weighted by molar-refractivity contribution is 0.707. The number of aryl methyl sites for hydroxylation is 2. The van der Waals surface area contributed by atoms with E-state index in [0.29, 0.717) is 0 Å². The molecule has 5 heteroatoms. The van der Waals surface area contributed by atoms with Gasteiger partial charge in [0.2, 0.25) is 0 Å². The van der Waals surface area contributed by atoms with Crippen LogP contribution in [0.2, 0.25) is 0 Å². The molecule has 0 saturated heterocycles. The van der Waals surface area contributed by atoms with Gasteiger partial charge in [-0.05, 0) is 44.7 Å². The molecule has 3 nitrogen and oxygen atoms in total. The molecule has 0 unspecified atom stereocenters. The third-order valence-corrected chi connectivity index (χ3v) is 6.27. The van der Waals surface area contributed by atoms with E-state index in [0.717, 1.165) is 31.3 Å². The summed E-state index contributed by atoms with van der Waals surface area (Å²) < 4.78 is 0. The Morgan fingerprint density at radius 1 is 1.14 bits per heavy atom. The number of hydrogen-bond donors (Lipinski definition) is 1. The molecule has 0 bridgehead atoms. The number of nitrogens with one attached hydrogen (secondary N) is 1. The number of thiophene rings is 1. The molecular formula is C16H23N3S2. The van der Waals surface area contributed by atoms with Gasteiger partial charge in [0.1, 0.15) is 0 Å². The zero-order valence-corrected chi connectivity index (χ0v) is 14.4. The second-order valence-corrected chi connectivity index (χ2v) is 7.71. The van der Waals surface area contributed by atoms with Gasteiger partial charge in [0.15, 0.2) is 5.13 Å². The number of nitrogens with zero attached hydrogens (tertiary/aromatic N) is 2. The molecule has 0 amide bonds. The molecule has 0 fully saturated rings. The van der Waals surface area contributed by atoms with Crippen LogP contribution in [0.4, 0.5) is 5.13 Å². The molecule has 1 aliphatic rings. The summed E-state index contributed by atoms with van der Waals surface area (Å²) >= 11 is 3.80. The van der Waals surface area contributed by atoms with Crippen molar-refractivity contribution >= 4 is 27.8 Å². The fraction of sp³-hybridized carbons (Fsp3) is 0.562. The van der Waals surface area contributed by atoms with E-state index in [4.69, 9.17) is 0 Å². The monoisotopic (exact) mass is 321 g/mol. The van der Waals surface area contributed by atoms with Crippen molar-refractivity contribution in [2.75, 3.05) is 18.0 Å². The Balaban J connectivity index is 1.51. The van der Waals surface area contributed by atoms with E-state index < -0.39 is 0 Å². The summed E-state index contributed by atoms with van der Waals surface area (Å²) in [7, 11) is 0. The van der Waals surface area contributed by atoms with Crippen LogP contribution in [0.15, 0.2) is 12.3 Å². The zero-order valence-electron chi connectivity index (χ0n) is 12.8. The largest absolute Gasteiger partial charge is 0.349 e. The van der Waals surface area contributed by atoms with Gasteiger partial charge in [0.25, 0.3) is 0 Å². The molecule has 0 spiro atoms. The Morgan fingerprint density at radius 2 is 1.95 bits per heavy atom. The van der Waals surface area contributed by atoms with Crippen LogP contribution in [0.5, 0.6) is 0 Å². The van der Waals surface area contributed by atoms with Crippen molar-refractivity contribution in [3.63, 3.8) is 0 Å². The van der Waals surface area contributed by atoms with Crippen molar-refractivity contribution in [3.05, 3.63) is 32.5 Å². The van der Waals surface area contributed by atoms with Gasteiger partial charge in [-0.25, -0.2) is 4.98 Å². The van der Waals surface area contributed by atoms with Crippen molar-refractivity contribution in [1.82, 2.24) is 10.3 Å². The summed E-state index contributed by atoms with van der Waals surface area (Å²) in [5.74, 6) is 0. The summed E-state index contributed by atoms with van der Waals surface area (Å²) in [5.41, 5.74) is 1.60. The highest BCUT2D eigenvalue weighted by atomic mass is 32.1. The van der Waals surface area contributed by atoms with Crippen molar-refractivity contribution in [2.45, 2.75) is 46.2 Å². The van der Waals surface area contributed by atoms with E-state index in [1.165, 1.54) is 29.0 Å². The maximum atomic E-state index is 4.53. The van der Waals surface area contributed by atoms with E-state index in [9.17, 15) is 0 Å². The highest BCUT2D eigenvalue weighted by Gasteiger charge is 2.14. The molecule has 1 aliphatic carbocycles. The minimum absolute atomic E-state index is 0.918. The van der Waals surface area contributed by atoms with Crippen molar-refractivity contribution < 1.29 is 0 Å². The van der Waals surface area contributed by atoms with Crippen LogP contribution in [0.25, 0.3) is 0 Å². The van der Waals surface area contributed by atoms with Gasteiger partial charge in [-0.1, -0.05) is 0 Å². The molecule has 1 N–H and O–H groups in total. The second kappa shape index (κ2) is 6.90. The first-order valence-electron chi connectivity index (χ1n) is 7.81. The smallest absolute Gasteiger partial charge is 0.185 e. The fourth-order valence-electron chi connectivity index (χ4n) is 2.81. The summed E-state index contributed by atoms with van der Waals surface area (Å²) in [6, 6.07) is 2.40. The van der Waals surface area contributed by atoms with Crippen LogP contribution in [0, 0.1) is 0 Å². The SMILES string of the molecule is CCN(CC)c1ncc(CNCc2cc3c(s2)CCC3)s1. The highest BCUT2D eigenvalue weighted by molar-refractivity contribution is 7.15. The first-order chi connectivity index (χ1) is 10.3. The minimum atomic E-state index is 0.918. The Kier molecular flexibility index (Phi) is 4.93. The second-order valence-electron chi connectivity index (χ2n) is 5.40. The van der Waals surface area contributed by atoms with Crippen LogP contribution < -0.4 is 10.2 Å². The Labute approximate surface area is 135 Å². The van der Waals surface area contributed by atoms with Crippen LogP contribution in [-0.4, -0.2) is 18.1 Å². The maximum Gasteiger partial charge on any atom is 0.185 e. The third kappa shape index (κ3) is 3.47. The lowest BCUT2D eigenvalue weighted by Crippen LogP contribution is -2.21. The lowest BCUT2D eigenvalue weighted by Gasteiger charge is -2.16. The van der Waals surface area contributed by atoms with Crippen LogP contribution in [0.1, 0.15) is 40.5 Å². The summed E-state index contributed by atoms with van der Waals surface area (Å²) in [5, 5.41) is 4.70. The van der Waals surface area contributed by atoms with Crippen LogP contribution in [0.3, 0.4) is 0 Å². The number of rotatable bonds is 7. The minimum Gasteiger partial charge on any atom is -0.349 e. The van der Waals surface area contributed by atoms with Gasteiger partial charge in [-0.3, -0.25) is 0 Å². The topological polar surface area (TPSA) is 28.2 Å². The molecule has 0 aromatic carbocycles. The Bertz CT molecular complexity index is 563. The Hall–Kier alpha value is -0.910. The number of fused-ring (bicyclic) bond motifs is 1. The predicted molar refractivity (Wildman–Crippen MR) is 92.6 cm³/mol. The summed E-state index contributed by atoms with van der Waals surface area (Å²) in [6.07, 6.45) is 5.94. The fourth-order valence-corrected chi connectivity index (χ4v) is 5.04. The maximum absolute atomic E-state index is 4.53. The standard InChI is InChI=1S/C16H23N3S2/c1-3-19(4-2)16-18-11-14(21-16)10-17-9-13-8-12-6-5-7-15(12)20-13/h8,11,17H,3-7,9-10H2,1-2H3. The van der Waals surface area contributed by atoms with Gasteiger partial charge < -0.3 is 10.2 Å². The highest BCUT2D eigenvalue weighted by Crippen LogP contribution is 2.30. The quantitative estimate of drug-likeness (QED) is 0.840. The third-order valence-electron chi connectivity index (χ3n) is 3.97. The van der Waals surface area contributed by atoms with E-state index in [1.807, 2.05) is 17.5 Å². The van der Waals surface area contributed by atoms with E-state index in [2.05, 4.69) is 35.1 Å². The molecule has 21 heavy (non-hydrogen) atoms. The molecular weight excluding hydrogens is 298 g/mol. The molecule has 114 valence electrons. The first kappa shape index (κ1) is 15.0. The molecule has 3 rings (SSSR count). The average molecular weight is 322 g/mol. The van der Waals surface area contributed by atoms with Crippen LogP contribution >= 0.6 is 22.7 Å². The zero-order chi connectivity index (χ0) is 14.7. The number of thiazole rings is 1. The predicted octanol–water partition coefficient (Wildman–Crippen LogP) is 3.83. The van der Waals surface area contributed by atoms with Gasteiger partial charge in [-0.2, -0.15) is 0 Å². The van der Waals surface area contributed by atoms with Gasteiger partial charge in [0, 0.05) is 47.0 Å². The Morgan fingerprint density at radius 3 is 2.71 bits per heavy atom. The number of anilines is 1. The summed E-state index contributed by atoms with van der Waals surface area (Å²) in [4.78, 5) is 11.3. The average Bonchev–Trinajstić information content (AvgIpc) is 3.16. The van der Waals surface area contributed by atoms with Crippen LogP contribution in [-0.2, 0) is 25.9 Å². The molecule has 2 aromatic rings. The van der Waals surface area contributed by atoms with Gasteiger partial charge in [-0.15, -0.1) is 22.7 Å². The van der Waals surface area contributed by atoms with Gasteiger partial charge >= 0.3 is 0 Å². The first-order valence-corrected chi connectivity index (χ1v) is 9.44. The number of hydrogen-bond acceptors (Lipinski definition) is 5. The lowest BCUT2D eigenvalue weighted by atomic mass is 10.2. The van der Waals surface area contributed by atoms with Gasteiger partial charge in [0.05, 0.1) is 0 Å². The number of aromatic nitrogens is 1. The van der Waals surface area contributed by atoms with E-state index >= 15 is 0 Å². The van der Waals surface area contributed by atoms with E-state index in [1.54, 1.807) is 21.8 Å². The van der Waals surface area contributed by atoms with Crippen molar-refractivity contribution in [3.8, 4) is 0 Å². The summed E-state index contributed by atoms with van der Waals surface area (Å²) in [6.45, 7) is 8.31. The molecule has 0 atom stereocenters. The molecule has 0 aliphatic heterocycles. The normalized spacial score (nSPS) is 13.6. The van der Waals surface area contributed by atoms with Crippen molar-refractivity contribution in [1.29, 1.82) is 0 Å². The molecule has 2 heterocycles. The molecule has 0 radical (unpaired) electrons. The van der Waals surface area contributed by atoms with Crippen molar-refractivity contribution in [2.24, 2.45) is 0 Å². The molecule has 2 aromatic heterocycles. The molecule has 0 saturated carbocycles. The van der Waals surface area contributed by atoms with E-state index in [-0.39, 0.29) is 0 Å².